The van der Waals surface area contributed by atoms with E-state index in [4.69, 9.17) is 14.2 Å². The Labute approximate surface area is 191 Å². The minimum absolute atomic E-state index is 0.0688. The summed E-state index contributed by atoms with van der Waals surface area (Å²) in [5, 5.41) is 13.3. The summed E-state index contributed by atoms with van der Waals surface area (Å²) in [6.45, 7) is 0.0688. The summed E-state index contributed by atoms with van der Waals surface area (Å²) < 4.78 is 15.9. The second kappa shape index (κ2) is 9.48. The van der Waals surface area contributed by atoms with Crippen LogP contribution in [0.3, 0.4) is 0 Å². The minimum Gasteiger partial charge on any atom is -0.497 e. The molecule has 0 saturated carbocycles. The average Bonchev–Trinajstić information content (AvgIpc) is 3.31. The number of Topliss-reactive ketones (excluding diaryl/α,β-unsaturated/α-hetero) is 1. The van der Waals surface area contributed by atoms with Crippen molar-refractivity contribution in [2.45, 2.75) is 6.42 Å². The first kappa shape index (κ1) is 22.0. The van der Waals surface area contributed by atoms with Crippen LogP contribution in [0.25, 0.3) is 5.57 Å². The number of carboxylic acids is 1. The van der Waals surface area contributed by atoms with Crippen LogP contribution in [0.2, 0.25) is 0 Å². The van der Waals surface area contributed by atoms with Crippen LogP contribution >= 0.6 is 0 Å². The summed E-state index contributed by atoms with van der Waals surface area (Å²) in [7, 11) is 3.34. The number of ether oxygens (including phenoxy) is 3. The van der Waals surface area contributed by atoms with Crippen LogP contribution in [-0.2, 0) is 11.2 Å². The molecule has 2 N–H and O–H groups in total. The molecule has 7 heteroatoms. The van der Waals surface area contributed by atoms with E-state index in [-0.39, 0.29) is 30.1 Å². The van der Waals surface area contributed by atoms with Crippen LogP contribution in [0, 0.1) is 0 Å². The zero-order chi connectivity index (χ0) is 23.4. The molecule has 0 saturated heterocycles. The van der Waals surface area contributed by atoms with Crippen molar-refractivity contribution in [3.63, 3.8) is 0 Å². The molecule has 0 spiro atoms. The van der Waals surface area contributed by atoms with Gasteiger partial charge in [-0.25, -0.2) is 4.79 Å². The van der Waals surface area contributed by atoms with Gasteiger partial charge in [0.1, 0.15) is 5.75 Å². The van der Waals surface area contributed by atoms with Gasteiger partial charge in [0.15, 0.2) is 17.3 Å². The largest absolute Gasteiger partial charge is 0.497 e. The van der Waals surface area contributed by atoms with Crippen molar-refractivity contribution in [3.05, 3.63) is 89.0 Å². The molecule has 33 heavy (non-hydrogen) atoms. The number of carboxylic acid groups (broad SMARTS) is 1. The van der Waals surface area contributed by atoms with Gasteiger partial charge in [-0.05, 0) is 59.7 Å². The molecule has 7 nitrogen and oxygen atoms in total. The average molecular weight is 445 g/mol. The topological polar surface area (TPSA) is 94.1 Å². The minimum atomic E-state index is -1.20. The van der Waals surface area contributed by atoms with Gasteiger partial charge in [-0.3, -0.25) is 4.79 Å². The SMILES string of the molecule is CNc1cccc(C/C(C(=O)c2ccc(OC)cc2)=C(\C(=O)O)c2ccc3c(c2)OCO3)c1. The number of anilines is 1. The summed E-state index contributed by atoms with van der Waals surface area (Å²) >= 11 is 0. The monoisotopic (exact) mass is 445 g/mol. The Hall–Kier alpha value is -4.26. The third-order valence-electron chi connectivity index (χ3n) is 5.40. The smallest absolute Gasteiger partial charge is 0.336 e. The fourth-order valence-electron chi connectivity index (χ4n) is 3.72. The van der Waals surface area contributed by atoms with Gasteiger partial charge in [-0.15, -0.1) is 0 Å². The van der Waals surface area contributed by atoms with Gasteiger partial charge in [0.2, 0.25) is 6.79 Å². The Kier molecular flexibility index (Phi) is 6.31. The number of carbonyl (C=O) groups excluding carboxylic acids is 1. The van der Waals surface area contributed by atoms with E-state index in [1.165, 1.54) is 0 Å². The number of benzene rings is 3. The Bertz CT molecular complexity index is 1230. The highest BCUT2D eigenvalue weighted by Crippen LogP contribution is 2.36. The van der Waals surface area contributed by atoms with Crippen molar-refractivity contribution in [1.29, 1.82) is 0 Å². The van der Waals surface area contributed by atoms with E-state index in [9.17, 15) is 14.7 Å². The molecule has 0 aliphatic carbocycles. The molecule has 168 valence electrons. The maximum Gasteiger partial charge on any atom is 0.336 e. The highest BCUT2D eigenvalue weighted by molar-refractivity contribution is 6.26. The maximum absolute atomic E-state index is 13.6. The molecule has 1 aliphatic rings. The second-order valence-electron chi connectivity index (χ2n) is 7.41. The quantitative estimate of drug-likeness (QED) is 0.391. The third kappa shape index (κ3) is 4.67. The first-order chi connectivity index (χ1) is 16.0. The Morgan fingerprint density at radius 3 is 2.39 bits per heavy atom. The van der Waals surface area contributed by atoms with Crippen LogP contribution < -0.4 is 19.5 Å². The molecule has 0 unspecified atom stereocenters. The number of aliphatic carboxylic acids is 1. The van der Waals surface area contributed by atoms with Gasteiger partial charge in [0, 0.05) is 30.3 Å². The van der Waals surface area contributed by atoms with Crippen LogP contribution in [0.15, 0.2) is 72.3 Å². The van der Waals surface area contributed by atoms with Crippen molar-refractivity contribution in [3.8, 4) is 17.2 Å². The van der Waals surface area contributed by atoms with E-state index < -0.39 is 5.97 Å². The van der Waals surface area contributed by atoms with Crippen molar-refractivity contribution < 1.29 is 28.9 Å². The lowest BCUT2D eigenvalue weighted by atomic mass is 9.89. The van der Waals surface area contributed by atoms with E-state index in [0.717, 1.165) is 11.3 Å². The standard InChI is InChI=1S/C26H23NO6/c1-27-19-5-3-4-16(12-19)13-21(25(28)17-6-9-20(31-2)10-7-17)24(26(29)30)18-8-11-22-23(14-18)33-15-32-22/h3-12,14,27H,13,15H2,1-2H3,(H,29,30)/b24-21+. The molecule has 0 fully saturated rings. The zero-order valence-electron chi connectivity index (χ0n) is 18.3. The van der Waals surface area contributed by atoms with Gasteiger partial charge in [-0.1, -0.05) is 18.2 Å². The summed E-state index contributed by atoms with van der Waals surface area (Å²) in [5.41, 5.74) is 2.49. The van der Waals surface area contributed by atoms with E-state index >= 15 is 0 Å². The predicted molar refractivity (Wildman–Crippen MR) is 124 cm³/mol. The fourth-order valence-corrected chi connectivity index (χ4v) is 3.72. The first-order valence-electron chi connectivity index (χ1n) is 10.3. The van der Waals surface area contributed by atoms with Crippen LogP contribution in [0.5, 0.6) is 17.2 Å². The lowest BCUT2D eigenvalue weighted by Gasteiger charge is -2.14. The zero-order valence-corrected chi connectivity index (χ0v) is 18.3. The second-order valence-corrected chi connectivity index (χ2v) is 7.41. The molecule has 0 amide bonds. The summed E-state index contributed by atoms with van der Waals surface area (Å²) in [5.74, 6) is 0.0130. The molecule has 1 heterocycles. The van der Waals surface area contributed by atoms with Crippen molar-refractivity contribution in [1.82, 2.24) is 0 Å². The number of hydrogen-bond donors (Lipinski definition) is 2. The molecule has 0 aromatic heterocycles. The fraction of sp³-hybridized carbons (Fsp3) is 0.154. The number of allylic oxidation sites excluding steroid dienone is 1. The predicted octanol–water partition coefficient (Wildman–Crippen LogP) is 4.43. The number of fused-ring (bicyclic) bond motifs is 1. The number of ketones is 1. The van der Waals surface area contributed by atoms with Gasteiger partial charge in [-0.2, -0.15) is 0 Å². The van der Waals surface area contributed by atoms with Crippen LogP contribution in [-0.4, -0.2) is 37.8 Å². The molecular weight excluding hydrogens is 422 g/mol. The third-order valence-corrected chi connectivity index (χ3v) is 5.40. The van der Waals surface area contributed by atoms with E-state index in [1.807, 2.05) is 24.3 Å². The number of nitrogens with one attached hydrogen (secondary N) is 1. The van der Waals surface area contributed by atoms with Gasteiger partial charge < -0.3 is 24.6 Å². The van der Waals surface area contributed by atoms with E-state index in [1.54, 1.807) is 56.6 Å². The van der Waals surface area contributed by atoms with Gasteiger partial charge in [0.25, 0.3) is 0 Å². The molecule has 4 rings (SSSR count). The number of rotatable bonds is 8. The lowest BCUT2D eigenvalue weighted by molar-refractivity contribution is -0.130. The van der Waals surface area contributed by atoms with Crippen molar-refractivity contribution >= 4 is 23.0 Å². The van der Waals surface area contributed by atoms with Crippen molar-refractivity contribution in [2.75, 3.05) is 26.3 Å². The van der Waals surface area contributed by atoms with Crippen molar-refractivity contribution in [2.24, 2.45) is 0 Å². The van der Waals surface area contributed by atoms with E-state index in [2.05, 4.69) is 5.32 Å². The highest BCUT2D eigenvalue weighted by Gasteiger charge is 2.26. The number of carbonyl (C=O) groups is 2. The van der Waals surface area contributed by atoms with Gasteiger partial charge in [0.05, 0.1) is 12.7 Å². The molecule has 3 aromatic rings. The molecule has 3 aromatic carbocycles. The summed E-state index contributed by atoms with van der Waals surface area (Å²) in [6.07, 6.45) is 0.135. The molecule has 0 radical (unpaired) electrons. The Morgan fingerprint density at radius 2 is 1.70 bits per heavy atom. The first-order valence-corrected chi connectivity index (χ1v) is 10.3. The summed E-state index contributed by atoms with van der Waals surface area (Å²) in [6, 6.07) is 19.0. The van der Waals surface area contributed by atoms with Crippen LogP contribution in [0.1, 0.15) is 21.5 Å². The van der Waals surface area contributed by atoms with Gasteiger partial charge >= 0.3 is 5.97 Å². The lowest BCUT2D eigenvalue weighted by Crippen LogP contribution is -2.14. The number of methoxy groups -OCH3 is 1. The molecule has 0 atom stereocenters. The molecule has 1 aliphatic heterocycles. The van der Waals surface area contributed by atoms with E-state index in [0.29, 0.717) is 28.4 Å². The molecular formula is C26H23NO6. The normalized spacial score (nSPS) is 12.7. The highest BCUT2D eigenvalue weighted by atomic mass is 16.7. The number of hydrogen-bond acceptors (Lipinski definition) is 6. The summed E-state index contributed by atoms with van der Waals surface area (Å²) in [4.78, 5) is 26.1. The molecule has 0 bridgehead atoms. The Balaban J connectivity index is 1.86. The van der Waals surface area contributed by atoms with Crippen LogP contribution in [0.4, 0.5) is 5.69 Å². The Morgan fingerprint density at radius 1 is 0.970 bits per heavy atom. The maximum atomic E-state index is 13.6.